The predicted octanol–water partition coefficient (Wildman–Crippen LogP) is 4.41. The van der Waals surface area contributed by atoms with E-state index in [0.717, 1.165) is 0 Å². The summed E-state index contributed by atoms with van der Waals surface area (Å²) in [6.07, 6.45) is -13.5. The normalized spacial score (nSPS) is 14.1. The fraction of sp³-hybridized carbons (Fsp3) is 0.400. The second kappa shape index (κ2) is 6.13. The van der Waals surface area contributed by atoms with Crippen LogP contribution in [0.5, 0.6) is 0 Å². The minimum absolute atomic E-state index is 0. The van der Waals surface area contributed by atoms with Gasteiger partial charge in [-0.2, -0.15) is 26.3 Å². The Kier molecular flexibility index (Phi) is 5.79. The topological polar surface area (TPSA) is 26.0 Å². The van der Waals surface area contributed by atoms with Crippen LogP contribution in [0.3, 0.4) is 0 Å². The molecule has 0 radical (unpaired) electrons. The Balaban J connectivity index is 0.00000361. The Morgan fingerprint density at radius 2 is 1.40 bits per heavy atom. The van der Waals surface area contributed by atoms with Crippen molar-refractivity contribution in [3.63, 3.8) is 0 Å². The molecule has 20 heavy (non-hydrogen) atoms. The molecule has 0 saturated heterocycles. The van der Waals surface area contributed by atoms with Crippen LogP contribution in [0.2, 0.25) is 0 Å². The molecule has 1 aromatic carbocycles. The van der Waals surface area contributed by atoms with Crippen molar-refractivity contribution in [1.82, 2.24) is 0 Å². The Labute approximate surface area is 114 Å². The van der Waals surface area contributed by atoms with Crippen molar-refractivity contribution in [3.05, 3.63) is 34.9 Å². The first kappa shape index (κ1) is 18.9. The van der Waals surface area contributed by atoms with Gasteiger partial charge < -0.3 is 5.73 Å². The van der Waals surface area contributed by atoms with E-state index in [1.54, 1.807) is 0 Å². The van der Waals surface area contributed by atoms with Gasteiger partial charge in [-0.15, -0.1) is 12.4 Å². The van der Waals surface area contributed by atoms with Crippen LogP contribution in [-0.2, 0) is 12.4 Å². The second-order valence-electron chi connectivity index (χ2n) is 3.66. The third-order valence-corrected chi connectivity index (χ3v) is 2.32. The molecule has 1 aromatic rings. The minimum Gasteiger partial charge on any atom is -0.319 e. The summed E-state index contributed by atoms with van der Waals surface area (Å²) in [5, 5.41) is 0. The summed E-state index contributed by atoms with van der Waals surface area (Å²) in [6.45, 7) is 0. The van der Waals surface area contributed by atoms with Crippen LogP contribution in [0.15, 0.2) is 18.2 Å². The van der Waals surface area contributed by atoms with Gasteiger partial charge in [0.15, 0.2) is 0 Å². The Morgan fingerprint density at radius 3 is 1.75 bits per heavy atom. The number of alkyl halides is 8. The van der Waals surface area contributed by atoms with Crippen molar-refractivity contribution in [2.75, 3.05) is 0 Å². The fourth-order valence-corrected chi connectivity index (χ4v) is 1.40. The Bertz CT molecular complexity index is 454. The van der Waals surface area contributed by atoms with Crippen LogP contribution in [0.4, 0.5) is 35.1 Å². The minimum atomic E-state index is -5.21. The monoisotopic (exact) mass is 329 g/mol. The molecule has 0 saturated carbocycles. The van der Waals surface area contributed by atoms with Crippen molar-refractivity contribution in [1.29, 1.82) is 0 Å². The molecule has 0 fully saturated rings. The molecule has 0 aliphatic heterocycles. The molecule has 0 heterocycles. The zero-order valence-electron chi connectivity index (χ0n) is 9.40. The highest BCUT2D eigenvalue weighted by Gasteiger charge is 2.40. The van der Waals surface area contributed by atoms with E-state index in [1.807, 2.05) is 0 Å². The third-order valence-electron chi connectivity index (χ3n) is 2.32. The summed E-state index contributed by atoms with van der Waals surface area (Å²) in [4.78, 5) is 0. The molecule has 0 aromatic heterocycles. The van der Waals surface area contributed by atoms with E-state index in [2.05, 4.69) is 0 Å². The van der Waals surface area contributed by atoms with E-state index in [4.69, 9.17) is 5.73 Å². The van der Waals surface area contributed by atoms with Gasteiger partial charge in [-0.1, -0.05) is 6.07 Å². The number of hydrogen-bond donors (Lipinski definition) is 1. The zero-order chi connectivity index (χ0) is 15.0. The van der Waals surface area contributed by atoms with E-state index < -0.39 is 41.5 Å². The Morgan fingerprint density at radius 1 is 0.900 bits per heavy atom. The van der Waals surface area contributed by atoms with E-state index in [9.17, 15) is 35.1 Å². The van der Waals surface area contributed by atoms with Gasteiger partial charge in [0, 0.05) is 0 Å². The van der Waals surface area contributed by atoms with Gasteiger partial charge in [0.25, 0.3) is 6.43 Å². The molecule has 0 bridgehead atoms. The molecule has 10 heteroatoms. The predicted molar refractivity (Wildman–Crippen MR) is 56.6 cm³/mol. The van der Waals surface area contributed by atoms with Crippen LogP contribution in [0.1, 0.15) is 22.7 Å². The summed E-state index contributed by atoms with van der Waals surface area (Å²) in [6, 6.07) is -1.92. The van der Waals surface area contributed by atoms with Crippen LogP contribution >= 0.6 is 12.4 Å². The van der Waals surface area contributed by atoms with Crippen molar-refractivity contribution < 1.29 is 35.1 Å². The van der Waals surface area contributed by atoms with Gasteiger partial charge in [0.1, 0.15) is 0 Å². The number of hydrogen-bond acceptors (Lipinski definition) is 1. The highest BCUT2D eigenvalue weighted by atomic mass is 35.5. The number of nitrogens with two attached hydrogens (primary N) is 1. The average molecular weight is 330 g/mol. The first-order valence-corrected chi connectivity index (χ1v) is 4.76. The van der Waals surface area contributed by atoms with Crippen LogP contribution in [0, 0.1) is 0 Å². The maximum absolute atomic E-state index is 12.6. The summed E-state index contributed by atoms with van der Waals surface area (Å²) in [5.41, 5.74) is 0.401. The maximum atomic E-state index is 12.6. The van der Waals surface area contributed by atoms with Gasteiger partial charge in [-0.3, -0.25) is 0 Å². The molecular weight excluding hydrogens is 322 g/mol. The lowest BCUT2D eigenvalue weighted by molar-refractivity contribution is -0.143. The van der Waals surface area contributed by atoms with E-state index >= 15 is 0 Å². The molecule has 0 aliphatic rings. The van der Waals surface area contributed by atoms with Gasteiger partial charge in [0.2, 0.25) is 0 Å². The Hall–Kier alpha value is -1.09. The first-order chi connectivity index (χ1) is 8.44. The molecule has 0 unspecified atom stereocenters. The van der Waals surface area contributed by atoms with Gasteiger partial charge in [0.05, 0.1) is 17.2 Å². The quantitative estimate of drug-likeness (QED) is 0.799. The largest absolute Gasteiger partial charge is 0.416 e. The fourth-order valence-electron chi connectivity index (χ4n) is 1.40. The van der Waals surface area contributed by atoms with E-state index in [-0.39, 0.29) is 24.5 Å². The molecule has 0 amide bonds. The lowest BCUT2D eigenvalue weighted by Gasteiger charge is -2.19. The highest BCUT2D eigenvalue weighted by Crippen LogP contribution is 2.39. The number of halogens is 9. The van der Waals surface area contributed by atoms with Crippen molar-refractivity contribution in [3.8, 4) is 0 Å². The zero-order valence-corrected chi connectivity index (χ0v) is 10.2. The number of rotatable bonds is 2. The molecule has 0 aliphatic carbocycles. The summed E-state index contributed by atoms with van der Waals surface area (Å²) in [7, 11) is 0. The van der Waals surface area contributed by atoms with Crippen LogP contribution in [0.25, 0.3) is 0 Å². The smallest absolute Gasteiger partial charge is 0.319 e. The summed E-state index contributed by atoms with van der Waals surface area (Å²) < 4.78 is 99.2. The van der Waals surface area contributed by atoms with Crippen LogP contribution in [-0.4, -0.2) is 6.43 Å². The maximum Gasteiger partial charge on any atom is 0.416 e. The van der Waals surface area contributed by atoms with Crippen LogP contribution < -0.4 is 5.73 Å². The number of benzene rings is 1. The SMILES string of the molecule is Cl.N[C@@H](c1ccc(C(F)(F)F)cc1C(F)(F)F)C(F)F. The average Bonchev–Trinajstić information content (AvgIpc) is 2.24. The second-order valence-corrected chi connectivity index (χ2v) is 3.66. The van der Waals surface area contributed by atoms with Gasteiger partial charge >= 0.3 is 12.4 Å². The van der Waals surface area contributed by atoms with E-state index in [1.165, 1.54) is 0 Å². The van der Waals surface area contributed by atoms with Crippen molar-refractivity contribution >= 4 is 12.4 Å². The first-order valence-electron chi connectivity index (χ1n) is 4.76. The molecular formula is C10H8ClF8N. The molecule has 1 nitrogen and oxygen atoms in total. The lowest BCUT2D eigenvalue weighted by atomic mass is 9.98. The highest BCUT2D eigenvalue weighted by molar-refractivity contribution is 5.85. The molecule has 0 spiro atoms. The van der Waals surface area contributed by atoms with Crippen molar-refractivity contribution in [2.24, 2.45) is 5.73 Å². The molecule has 1 atom stereocenters. The standard InChI is InChI=1S/C10H7F8N.ClH/c11-8(12)7(19)5-2-1-4(9(13,14)15)3-6(5)10(16,17)18;/h1-3,7-8H,19H2;1H/t7-;/m0./s1. The summed E-state index contributed by atoms with van der Waals surface area (Å²) >= 11 is 0. The third kappa shape index (κ3) is 4.20. The van der Waals surface area contributed by atoms with E-state index in [0.29, 0.717) is 6.07 Å². The van der Waals surface area contributed by atoms with Crippen molar-refractivity contribution in [2.45, 2.75) is 24.8 Å². The van der Waals surface area contributed by atoms with Gasteiger partial charge in [-0.05, 0) is 17.7 Å². The lowest BCUT2D eigenvalue weighted by Crippen LogP contribution is -2.24. The molecule has 1 rings (SSSR count). The van der Waals surface area contributed by atoms with Gasteiger partial charge in [-0.25, -0.2) is 8.78 Å². The molecule has 2 N–H and O–H groups in total. The summed E-state index contributed by atoms with van der Waals surface area (Å²) in [5.74, 6) is 0. The molecule has 116 valence electrons.